The molecular formula is C38H33ClF2N2O3. The lowest BCUT2D eigenvalue weighted by Gasteiger charge is -2.26. The lowest BCUT2D eigenvalue weighted by atomic mass is 9.95. The van der Waals surface area contributed by atoms with Gasteiger partial charge >= 0.3 is 0 Å². The van der Waals surface area contributed by atoms with Crippen molar-refractivity contribution in [2.24, 2.45) is 0 Å². The van der Waals surface area contributed by atoms with Gasteiger partial charge in [0.15, 0.2) is 0 Å². The fourth-order valence-electron chi connectivity index (χ4n) is 6.46. The van der Waals surface area contributed by atoms with Crippen LogP contribution >= 0.6 is 11.6 Å². The molecule has 1 aliphatic rings. The highest BCUT2D eigenvalue weighted by molar-refractivity contribution is 6.30. The number of fused-ring (bicyclic) bond motifs is 1. The van der Waals surface area contributed by atoms with Crippen LogP contribution in [0.4, 0.5) is 8.78 Å². The molecule has 4 aromatic carbocycles. The first kappa shape index (κ1) is 31.2. The Morgan fingerprint density at radius 3 is 2.24 bits per heavy atom. The van der Waals surface area contributed by atoms with Crippen LogP contribution in [0.1, 0.15) is 46.4 Å². The number of likely N-dealkylation sites (tertiary alicyclic amines) is 1. The maximum Gasteiger partial charge on any atom is 0.274 e. The highest BCUT2D eigenvalue weighted by Gasteiger charge is 2.32. The second kappa shape index (κ2) is 13.3. The Kier molecular flexibility index (Phi) is 9.04. The minimum Gasteiger partial charge on any atom is -0.497 e. The van der Waals surface area contributed by atoms with Gasteiger partial charge in [0.2, 0.25) is 5.91 Å². The van der Waals surface area contributed by atoms with E-state index in [-0.39, 0.29) is 36.3 Å². The van der Waals surface area contributed by atoms with E-state index in [9.17, 15) is 18.4 Å². The number of nitrogens with zero attached hydrogens (tertiary/aromatic N) is 2. The summed E-state index contributed by atoms with van der Waals surface area (Å²) in [4.78, 5) is 29.4. The first-order valence-electron chi connectivity index (χ1n) is 15.2. The van der Waals surface area contributed by atoms with E-state index in [0.717, 1.165) is 22.9 Å². The second-order valence-corrected chi connectivity index (χ2v) is 12.0. The van der Waals surface area contributed by atoms with Crippen LogP contribution in [0.15, 0.2) is 103 Å². The van der Waals surface area contributed by atoms with Crippen molar-refractivity contribution >= 4 is 39.9 Å². The van der Waals surface area contributed by atoms with Crippen molar-refractivity contribution in [2.45, 2.75) is 38.6 Å². The highest BCUT2D eigenvalue weighted by Crippen LogP contribution is 2.35. The van der Waals surface area contributed by atoms with Crippen molar-refractivity contribution in [1.82, 2.24) is 9.47 Å². The zero-order valence-corrected chi connectivity index (χ0v) is 26.4. The molecule has 1 aromatic heterocycles. The third-order valence-corrected chi connectivity index (χ3v) is 9.12. The van der Waals surface area contributed by atoms with Crippen LogP contribution in [-0.2, 0) is 11.2 Å². The third kappa shape index (κ3) is 6.20. The van der Waals surface area contributed by atoms with Gasteiger partial charge in [-0.1, -0.05) is 66.2 Å². The molecule has 0 saturated carbocycles. The van der Waals surface area contributed by atoms with E-state index < -0.39 is 6.08 Å². The van der Waals surface area contributed by atoms with E-state index >= 15 is 0 Å². The largest absolute Gasteiger partial charge is 0.497 e. The SMILES string of the molecule is COc1ccc2c(c1)c(CC(=O)N1CCC[C@@H]1CC(=C(F)F)c1ccc(-c3ccccc3)cc1)c(C)n2C(=O)c1ccc(Cl)cc1. The van der Waals surface area contributed by atoms with E-state index in [1.165, 1.54) is 0 Å². The molecule has 1 amide bonds. The predicted octanol–water partition coefficient (Wildman–Crippen LogP) is 9.20. The van der Waals surface area contributed by atoms with E-state index in [4.69, 9.17) is 16.3 Å². The molecule has 1 saturated heterocycles. The van der Waals surface area contributed by atoms with Gasteiger partial charge in [-0.25, -0.2) is 0 Å². The molecule has 0 radical (unpaired) electrons. The van der Waals surface area contributed by atoms with Gasteiger partial charge in [-0.15, -0.1) is 0 Å². The molecule has 1 aliphatic heterocycles. The predicted molar refractivity (Wildman–Crippen MR) is 178 cm³/mol. The minimum atomic E-state index is -1.74. The number of halogens is 3. The van der Waals surface area contributed by atoms with Gasteiger partial charge in [0.1, 0.15) is 5.75 Å². The Hall–Kier alpha value is -4.75. The van der Waals surface area contributed by atoms with Crippen molar-refractivity contribution in [1.29, 1.82) is 0 Å². The Morgan fingerprint density at radius 1 is 0.891 bits per heavy atom. The van der Waals surface area contributed by atoms with E-state index in [0.29, 0.717) is 51.6 Å². The number of benzene rings is 4. The van der Waals surface area contributed by atoms with E-state index in [1.54, 1.807) is 59.0 Å². The molecule has 234 valence electrons. The quantitative estimate of drug-likeness (QED) is 0.170. The van der Waals surface area contributed by atoms with E-state index in [2.05, 4.69) is 0 Å². The number of ether oxygens (including phenoxy) is 1. The number of hydrogen-bond acceptors (Lipinski definition) is 3. The maximum absolute atomic E-state index is 14.4. The van der Waals surface area contributed by atoms with Crippen LogP contribution in [-0.4, -0.2) is 41.0 Å². The highest BCUT2D eigenvalue weighted by atomic mass is 35.5. The molecule has 0 N–H and O–H groups in total. The number of rotatable bonds is 8. The molecule has 0 aliphatic carbocycles. The van der Waals surface area contributed by atoms with Gasteiger partial charge in [0.25, 0.3) is 12.0 Å². The van der Waals surface area contributed by atoms with Gasteiger partial charge in [-0.3, -0.25) is 14.2 Å². The van der Waals surface area contributed by atoms with Crippen molar-refractivity contribution in [3.05, 3.63) is 131 Å². The van der Waals surface area contributed by atoms with Gasteiger partial charge in [0.05, 0.1) is 19.0 Å². The molecule has 0 bridgehead atoms. The average molecular weight is 639 g/mol. The molecule has 46 heavy (non-hydrogen) atoms. The first-order valence-corrected chi connectivity index (χ1v) is 15.6. The molecule has 1 fully saturated rings. The molecule has 0 unspecified atom stereocenters. The summed E-state index contributed by atoms with van der Waals surface area (Å²) in [6.45, 7) is 2.31. The molecule has 0 spiro atoms. The molecule has 8 heteroatoms. The minimum absolute atomic E-state index is 0.0236. The fourth-order valence-corrected chi connectivity index (χ4v) is 6.58. The summed E-state index contributed by atoms with van der Waals surface area (Å²) in [7, 11) is 1.56. The topological polar surface area (TPSA) is 51.5 Å². The monoisotopic (exact) mass is 638 g/mol. The Morgan fingerprint density at radius 2 is 1.57 bits per heavy atom. The van der Waals surface area contributed by atoms with E-state index in [1.807, 2.05) is 61.5 Å². The first-order chi connectivity index (χ1) is 22.2. The summed E-state index contributed by atoms with van der Waals surface area (Å²) in [5, 5.41) is 1.26. The van der Waals surface area contributed by atoms with Crippen LogP contribution in [0, 0.1) is 6.92 Å². The van der Waals surface area contributed by atoms with Gasteiger partial charge in [-0.05, 0) is 90.9 Å². The second-order valence-electron chi connectivity index (χ2n) is 11.5. The molecule has 5 nitrogen and oxygen atoms in total. The molecular weight excluding hydrogens is 606 g/mol. The van der Waals surface area contributed by atoms with Crippen molar-refractivity contribution < 1.29 is 23.1 Å². The number of hydrogen-bond donors (Lipinski definition) is 0. The summed E-state index contributed by atoms with van der Waals surface area (Å²) < 4.78 is 35.9. The number of carbonyl (C=O) groups excluding carboxylic acids is 2. The Bertz CT molecular complexity index is 1930. The Balaban J connectivity index is 1.27. The van der Waals surface area contributed by atoms with Gasteiger partial charge in [-0.2, -0.15) is 8.78 Å². The maximum atomic E-state index is 14.4. The normalized spacial score (nSPS) is 14.5. The van der Waals surface area contributed by atoms with Crippen LogP contribution in [0.25, 0.3) is 27.6 Å². The summed E-state index contributed by atoms with van der Waals surface area (Å²) in [5.74, 6) is 0.195. The summed E-state index contributed by atoms with van der Waals surface area (Å²) >= 11 is 6.05. The van der Waals surface area contributed by atoms with Crippen molar-refractivity contribution in [3.63, 3.8) is 0 Å². The van der Waals surface area contributed by atoms with Crippen LogP contribution in [0.5, 0.6) is 5.75 Å². The molecule has 5 aromatic rings. The smallest absolute Gasteiger partial charge is 0.274 e. The number of carbonyl (C=O) groups is 2. The average Bonchev–Trinajstić information content (AvgIpc) is 3.65. The Labute approximate surface area is 271 Å². The van der Waals surface area contributed by atoms with Crippen LogP contribution in [0.2, 0.25) is 5.02 Å². The van der Waals surface area contributed by atoms with Crippen molar-refractivity contribution in [3.8, 4) is 16.9 Å². The summed E-state index contributed by atoms with van der Waals surface area (Å²) in [5.41, 5.74) is 4.82. The zero-order valence-electron chi connectivity index (χ0n) is 25.6. The summed E-state index contributed by atoms with van der Waals surface area (Å²) in [6, 6.07) is 28.6. The lowest BCUT2D eigenvalue weighted by molar-refractivity contribution is -0.131. The molecule has 6 rings (SSSR count). The number of methoxy groups -OCH3 is 1. The summed E-state index contributed by atoms with van der Waals surface area (Å²) in [6.07, 6.45) is -0.292. The molecule has 1 atom stereocenters. The fraction of sp³-hybridized carbons (Fsp3) is 0.211. The number of aromatic nitrogens is 1. The van der Waals surface area contributed by atoms with Crippen LogP contribution < -0.4 is 4.74 Å². The lowest BCUT2D eigenvalue weighted by Crippen LogP contribution is -2.36. The van der Waals surface area contributed by atoms with Gasteiger partial charge < -0.3 is 9.64 Å². The van der Waals surface area contributed by atoms with Crippen molar-refractivity contribution in [2.75, 3.05) is 13.7 Å². The van der Waals surface area contributed by atoms with Crippen LogP contribution in [0.3, 0.4) is 0 Å². The number of amides is 1. The third-order valence-electron chi connectivity index (χ3n) is 8.87. The standard InChI is InChI=1S/C38H33ClF2N2O3/c1-24-32(34-22-31(46-2)18-19-35(34)43(24)38(45)28-14-16-29(39)17-15-28)23-36(44)42-20-6-9-30(42)21-33(37(40)41)27-12-10-26(11-13-27)25-7-4-3-5-8-25/h3-5,7-8,10-19,22,30H,6,9,20-21,23H2,1-2H3/t30-/m1/s1. The van der Waals surface area contributed by atoms with Gasteiger partial charge in [0, 0.05) is 39.8 Å². The zero-order chi connectivity index (χ0) is 32.4. The molecule has 2 heterocycles.